The second kappa shape index (κ2) is 38.8. The number of rotatable bonds is 27. The zero-order chi connectivity index (χ0) is 82.5. The monoisotopic (exact) mass is 1600 g/mol. The molecule has 9 aromatic rings. The number of aromatic nitrogens is 11. The molecule has 0 radical (unpaired) electrons. The number of halogens is 2. The van der Waals surface area contributed by atoms with Crippen molar-refractivity contribution in [3.63, 3.8) is 0 Å². The Balaban J connectivity index is 0.000000162. The second-order valence-corrected chi connectivity index (χ2v) is 27.9. The van der Waals surface area contributed by atoms with Crippen molar-refractivity contribution in [1.29, 1.82) is 0 Å². The molecule has 7 aromatic heterocycles. The average Bonchev–Trinajstić information content (AvgIpc) is 1.61. The number of nitrogen functional groups attached to an aromatic ring is 4. The molecule has 4 saturated heterocycles. The number of benzene rings is 2. The standard InChI is InChI=1S/C22H29N7O4.C17H24FN5O4.C17H25N5O5.C16H23FN6O4/c1-2-6-14(23)21(32)28(9-13-7-4-3-5-8-13)17-18(31)15(10-30)33-22(17)29-12-27-16-19(24)25-11-26-20(16)29;1-2-3-10(20)16(26)22-13-15(25)11(6-24)27-17(13)23-7-21-12-9(19)5-4-8(18)14(12)23;1-2-3-9(19)16(26)21-13-14(25)11(7-23)27-17(13)22-6-10(24)12-8(18)4-5-20-15(12)22;17-4-1-2-9(19)15(26)22-12-13(25)10(6-24)27-16(12)23-7-21-11-8(18)3-5-20-14(11)23/h3-5,7-8,11-12,14-15,17-18,22,30-31H,2,6,9-10,23H2,1H3,(H2,24,25,26);4-5,7,10-11,13,15,17,24-25H,2-3,6,19-20H2,1H3,(H,22,26);4-6,9,11,13-14,17,23-25H,2-3,7,19H2,1H3,(H2,18,20)(H,21,26);3,5,7,9-10,12-13,16,24-25H,1-2,4,6,19H2,(H2,18,20)(H,22,26)/t14?,15-,17+,18?,22-;10?,11-,13+,15?,17-;9?,11-,13+,14?,17-;9?,10-,12+,13?,16-/m1111/s1. The van der Waals surface area contributed by atoms with Gasteiger partial charge in [0.15, 0.2) is 42.0 Å². The first kappa shape index (κ1) is 86.3. The maximum Gasteiger partial charge on any atom is 0.240 e. The molecule has 8 unspecified atom stereocenters. The van der Waals surface area contributed by atoms with Crippen molar-refractivity contribution in [1.82, 2.24) is 74.0 Å². The summed E-state index contributed by atoms with van der Waals surface area (Å²) in [7, 11) is 0. The highest BCUT2D eigenvalue weighted by Gasteiger charge is 2.52. The Labute approximate surface area is 650 Å². The Morgan fingerprint density at radius 3 is 1.51 bits per heavy atom. The van der Waals surface area contributed by atoms with Crippen molar-refractivity contribution < 1.29 is 92.9 Å². The number of hydrogen-bond donors (Lipinski definition) is 20. The van der Waals surface area contributed by atoms with Gasteiger partial charge in [-0.05, 0) is 61.9 Å². The zero-order valence-electron chi connectivity index (χ0n) is 62.7. The average molecular weight is 1600 g/mol. The molecule has 114 heavy (non-hydrogen) atoms. The number of pyridine rings is 2. The summed E-state index contributed by atoms with van der Waals surface area (Å²) in [5.41, 5.74) is 51.5. The summed E-state index contributed by atoms with van der Waals surface area (Å²) in [5, 5.41) is 99.5. The predicted molar refractivity (Wildman–Crippen MR) is 408 cm³/mol. The topological polar surface area (TPSA) is 645 Å². The molecule has 2 aromatic carbocycles. The van der Waals surface area contributed by atoms with Crippen LogP contribution in [0, 0.1) is 5.82 Å². The third-order valence-electron chi connectivity index (χ3n) is 20.1. The van der Waals surface area contributed by atoms with Gasteiger partial charge in [-0.2, -0.15) is 0 Å². The molecule has 4 aliphatic heterocycles. The second-order valence-electron chi connectivity index (χ2n) is 27.9. The highest BCUT2D eigenvalue weighted by Crippen LogP contribution is 2.41. The Morgan fingerprint density at radius 2 is 0.965 bits per heavy atom. The van der Waals surface area contributed by atoms with E-state index < -0.39 is 179 Å². The van der Waals surface area contributed by atoms with Crippen LogP contribution in [0.4, 0.5) is 31.7 Å². The SMILES string of the molecule is CCCC(N)C(=O)N(Cc1ccccc1)[C@H]1C(O)[C@@H](CO)O[C@H]1n1cnc2c(N)ncnc21.CCCC(N)C(=O)N[C@H]1C(O)[C@@H](CO)O[C@H]1n1cc(O)c2c(N)ccnc21.CCCC(N)C(=O)N[C@H]1C(O)[C@@H](CO)O[C@H]1n1cnc2c(N)ccc(F)c21.Nc1ccnc2c1ncn2[C@@H]1O[C@H](CO)C(O)[C@@H]1NC(=O)C(N)CCCF. The molecule has 40 nitrogen and oxygen atoms in total. The van der Waals surface area contributed by atoms with E-state index in [1.807, 2.05) is 51.1 Å². The molecule has 42 heteroatoms. The molecule has 4 amide bonds. The minimum absolute atomic E-state index is 0.0860. The summed E-state index contributed by atoms with van der Waals surface area (Å²) in [5.74, 6) is -2.22. The van der Waals surface area contributed by atoms with Crippen LogP contribution in [-0.4, -0.2) is 258 Å². The third kappa shape index (κ3) is 18.5. The van der Waals surface area contributed by atoms with E-state index >= 15 is 0 Å². The fourth-order valence-corrected chi connectivity index (χ4v) is 14.1. The number of hydrogen-bond acceptors (Lipinski definition) is 32. The minimum atomic E-state index is -1.21. The van der Waals surface area contributed by atoms with Gasteiger partial charge in [0.2, 0.25) is 23.6 Å². The molecule has 4 aliphatic rings. The number of carbonyl (C=O) groups excluding carboxylic acids is 4. The summed E-state index contributed by atoms with van der Waals surface area (Å²) >= 11 is 0. The number of ether oxygens (including phenoxy) is 4. The van der Waals surface area contributed by atoms with Crippen LogP contribution in [0.15, 0.2) is 98.5 Å². The summed E-state index contributed by atoms with van der Waals surface area (Å²) in [6.07, 6.45) is 1.83. The fraction of sp³-hybridized carbons (Fsp3) is 0.514. The maximum absolute atomic E-state index is 14.4. The lowest BCUT2D eigenvalue weighted by Gasteiger charge is -2.35. The number of alkyl halides is 1. The quantitative estimate of drug-likeness (QED) is 0.0243. The zero-order valence-corrected chi connectivity index (χ0v) is 62.7. The number of nitrogens with two attached hydrogens (primary N) is 8. The molecular weight excluding hydrogens is 1500 g/mol. The van der Waals surface area contributed by atoms with Gasteiger partial charge in [-0.1, -0.05) is 70.4 Å². The van der Waals surface area contributed by atoms with Crippen molar-refractivity contribution >= 4 is 90.9 Å². The van der Waals surface area contributed by atoms with Gasteiger partial charge in [-0.25, -0.2) is 39.3 Å². The van der Waals surface area contributed by atoms with E-state index in [2.05, 4.69) is 50.8 Å². The smallest absolute Gasteiger partial charge is 0.240 e. The number of aliphatic hydroxyl groups is 8. The van der Waals surface area contributed by atoms with Crippen LogP contribution >= 0.6 is 0 Å². The largest absolute Gasteiger partial charge is 0.506 e. The molecule has 620 valence electrons. The van der Waals surface area contributed by atoms with Gasteiger partial charge in [0.25, 0.3) is 0 Å². The molecule has 13 rings (SSSR count). The Bertz CT molecular complexity index is 4650. The van der Waals surface area contributed by atoms with Crippen LogP contribution in [0.2, 0.25) is 0 Å². The van der Waals surface area contributed by atoms with Crippen LogP contribution in [0.1, 0.15) is 103 Å². The van der Waals surface area contributed by atoms with Gasteiger partial charge >= 0.3 is 0 Å². The molecule has 28 N–H and O–H groups in total. The lowest BCUT2D eigenvalue weighted by Crippen LogP contribution is -2.54. The van der Waals surface area contributed by atoms with E-state index in [0.717, 1.165) is 24.8 Å². The Kier molecular flexibility index (Phi) is 29.4. The van der Waals surface area contributed by atoms with Crippen LogP contribution in [0.3, 0.4) is 0 Å². The number of nitrogens with one attached hydrogen (secondary N) is 3. The predicted octanol–water partition coefficient (Wildman–Crippen LogP) is -2.18. The first-order chi connectivity index (χ1) is 54.7. The van der Waals surface area contributed by atoms with Crippen molar-refractivity contribution in [3.8, 4) is 5.75 Å². The third-order valence-corrected chi connectivity index (χ3v) is 20.1. The van der Waals surface area contributed by atoms with Gasteiger partial charge < -0.3 is 132 Å². The number of nitrogens with zero attached hydrogens (tertiary/aromatic N) is 12. The number of aromatic hydroxyl groups is 1. The normalized spacial score (nSPS) is 25.6. The molecule has 11 heterocycles. The molecule has 0 saturated carbocycles. The first-order valence-electron chi connectivity index (χ1n) is 37.2. The van der Waals surface area contributed by atoms with Gasteiger partial charge in [-0.15, -0.1) is 0 Å². The summed E-state index contributed by atoms with van der Waals surface area (Å²) in [6.45, 7) is 3.63. The number of anilines is 4. The van der Waals surface area contributed by atoms with Crippen LogP contribution in [0.25, 0.3) is 44.4 Å². The number of fused-ring (bicyclic) bond motifs is 4. The van der Waals surface area contributed by atoms with Crippen molar-refractivity contribution in [3.05, 3.63) is 110 Å². The van der Waals surface area contributed by atoms with Gasteiger partial charge in [0, 0.05) is 24.6 Å². The summed E-state index contributed by atoms with van der Waals surface area (Å²) in [6, 6.07) is 8.46. The molecular formula is C72H101F2N23O17. The van der Waals surface area contributed by atoms with E-state index in [1.54, 1.807) is 16.7 Å². The van der Waals surface area contributed by atoms with Crippen molar-refractivity contribution in [2.75, 3.05) is 56.0 Å². The molecule has 0 spiro atoms. The Hall–Kier alpha value is -10.1. The fourth-order valence-electron chi connectivity index (χ4n) is 14.1. The van der Waals surface area contributed by atoms with E-state index in [0.29, 0.717) is 64.0 Å². The lowest BCUT2D eigenvalue weighted by atomic mass is 10.0. The van der Waals surface area contributed by atoms with Gasteiger partial charge in [-0.3, -0.25) is 41.8 Å². The van der Waals surface area contributed by atoms with Crippen LogP contribution < -0.4 is 61.8 Å². The van der Waals surface area contributed by atoms with E-state index in [9.17, 15) is 73.9 Å². The number of aliphatic hydroxyl groups excluding tert-OH is 8. The summed E-state index contributed by atoms with van der Waals surface area (Å²) < 4.78 is 55.9. The van der Waals surface area contributed by atoms with Crippen LogP contribution in [0.5, 0.6) is 5.75 Å². The Morgan fingerprint density at radius 1 is 0.518 bits per heavy atom. The first-order valence-corrected chi connectivity index (χ1v) is 37.2. The highest BCUT2D eigenvalue weighted by atomic mass is 19.1. The molecule has 0 bridgehead atoms. The number of carbonyl (C=O) groups is 4. The van der Waals surface area contributed by atoms with E-state index in [-0.39, 0.29) is 53.6 Å². The lowest BCUT2D eigenvalue weighted by molar-refractivity contribution is -0.140. The summed E-state index contributed by atoms with van der Waals surface area (Å²) in [4.78, 5) is 81.4. The maximum atomic E-state index is 14.4. The van der Waals surface area contributed by atoms with Crippen LogP contribution in [-0.2, 0) is 44.7 Å². The molecule has 4 fully saturated rings. The van der Waals surface area contributed by atoms with Crippen molar-refractivity contribution in [2.24, 2.45) is 22.9 Å². The van der Waals surface area contributed by atoms with Crippen molar-refractivity contribution in [2.45, 2.75) is 201 Å². The number of imidazole rings is 3. The highest BCUT2D eigenvalue weighted by molar-refractivity contribution is 5.94. The van der Waals surface area contributed by atoms with E-state index in [4.69, 9.17) is 64.8 Å². The van der Waals surface area contributed by atoms with Gasteiger partial charge in [0.05, 0.1) is 99.2 Å². The molecule has 20 atom stereocenters. The van der Waals surface area contributed by atoms with E-state index in [1.165, 1.54) is 74.6 Å². The van der Waals surface area contributed by atoms with Gasteiger partial charge in [0.1, 0.15) is 119 Å². The minimum Gasteiger partial charge on any atom is -0.506 e. The molecule has 0 aliphatic carbocycles. The number of amides is 4.